The van der Waals surface area contributed by atoms with Crippen molar-refractivity contribution < 1.29 is 0 Å². The average Bonchev–Trinajstić information content (AvgIpc) is 3.08. The van der Waals surface area contributed by atoms with Gasteiger partial charge in [0.2, 0.25) is 0 Å². The Kier molecular flexibility index (Phi) is 4.00. The lowest BCUT2D eigenvalue weighted by Crippen LogP contribution is -2.01. The van der Waals surface area contributed by atoms with Gasteiger partial charge in [-0.3, -0.25) is 0 Å². The van der Waals surface area contributed by atoms with Gasteiger partial charge in [0.25, 0.3) is 0 Å². The summed E-state index contributed by atoms with van der Waals surface area (Å²) >= 11 is 10.9. The number of hydrogen-bond acceptors (Lipinski definition) is 5. The summed E-state index contributed by atoms with van der Waals surface area (Å²) in [7, 11) is 0. The maximum Gasteiger partial charge on any atom is 0.155 e. The zero-order valence-corrected chi connectivity index (χ0v) is 13.3. The minimum atomic E-state index is 0.709. The van der Waals surface area contributed by atoms with E-state index in [0.717, 1.165) is 25.2 Å². The van der Waals surface area contributed by atoms with Crippen molar-refractivity contribution >= 4 is 44.6 Å². The molecule has 3 rings (SSSR count). The van der Waals surface area contributed by atoms with Crippen molar-refractivity contribution in [3.05, 3.63) is 50.7 Å². The predicted octanol–water partition coefficient (Wildman–Crippen LogP) is 3.75. The molecule has 0 bridgehead atoms. The molecule has 20 heavy (non-hydrogen) atoms. The van der Waals surface area contributed by atoms with E-state index >= 15 is 0 Å². The molecule has 3 heterocycles. The summed E-state index contributed by atoms with van der Waals surface area (Å²) in [5.74, 6) is 0.731. The number of nitrogens with one attached hydrogen (secondary N) is 1. The number of aromatic nitrogens is 4. The lowest BCUT2D eigenvalue weighted by atomic mass is 10.4. The number of hydrogen-bond donors (Lipinski definition) is 1. The zero-order chi connectivity index (χ0) is 13.9. The molecule has 5 nitrogen and oxygen atoms in total. The standard InChI is InChI=1S/C12H9BrClN5S/c13-10-3-9(20-12(10)14)5-16-8-1-2-11(17-4-8)19-7-15-6-18-19/h1-4,6-7,16H,5H2. The van der Waals surface area contributed by atoms with Gasteiger partial charge in [0.1, 0.15) is 17.0 Å². The van der Waals surface area contributed by atoms with Gasteiger partial charge in [-0.25, -0.2) is 14.6 Å². The summed E-state index contributed by atoms with van der Waals surface area (Å²) in [6, 6.07) is 5.85. The van der Waals surface area contributed by atoms with Gasteiger partial charge in [0.15, 0.2) is 5.82 Å². The van der Waals surface area contributed by atoms with Crippen molar-refractivity contribution in [2.24, 2.45) is 0 Å². The van der Waals surface area contributed by atoms with Gasteiger partial charge < -0.3 is 5.32 Å². The minimum absolute atomic E-state index is 0.709. The molecule has 0 radical (unpaired) electrons. The molecule has 0 aliphatic carbocycles. The Bertz CT molecular complexity index is 676. The van der Waals surface area contributed by atoms with Crippen LogP contribution >= 0.6 is 38.9 Å². The molecular weight excluding hydrogens is 362 g/mol. The highest BCUT2D eigenvalue weighted by Gasteiger charge is 2.04. The van der Waals surface area contributed by atoms with Crippen molar-refractivity contribution in [2.75, 3.05) is 5.32 Å². The van der Waals surface area contributed by atoms with Crippen LogP contribution in [0.2, 0.25) is 4.34 Å². The van der Waals surface area contributed by atoms with Gasteiger partial charge in [0, 0.05) is 15.9 Å². The number of pyridine rings is 1. The fourth-order valence-corrected chi connectivity index (χ4v) is 3.35. The number of anilines is 1. The van der Waals surface area contributed by atoms with Gasteiger partial charge in [-0.15, -0.1) is 11.3 Å². The molecule has 0 unspecified atom stereocenters. The van der Waals surface area contributed by atoms with Crippen LogP contribution in [0.25, 0.3) is 5.82 Å². The highest BCUT2D eigenvalue weighted by Crippen LogP contribution is 2.32. The molecule has 0 atom stereocenters. The summed E-state index contributed by atoms with van der Waals surface area (Å²) < 4.78 is 3.31. The molecule has 3 aromatic rings. The van der Waals surface area contributed by atoms with Crippen molar-refractivity contribution in [2.45, 2.75) is 6.54 Å². The van der Waals surface area contributed by atoms with Crippen LogP contribution in [0, 0.1) is 0 Å². The van der Waals surface area contributed by atoms with E-state index in [0.29, 0.717) is 6.54 Å². The van der Waals surface area contributed by atoms with Gasteiger partial charge in [-0.05, 0) is 34.1 Å². The van der Waals surface area contributed by atoms with Crippen LogP contribution in [0.4, 0.5) is 5.69 Å². The number of rotatable bonds is 4. The molecule has 8 heteroatoms. The minimum Gasteiger partial charge on any atom is -0.379 e. The van der Waals surface area contributed by atoms with Crippen LogP contribution < -0.4 is 5.32 Å². The molecule has 0 fully saturated rings. The molecule has 0 spiro atoms. The third-order valence-electron chi connectivity index (χ3n) is 2.56. The molecule has 3 aromatic heterocycles. The Morgan fingerprint density at radius 2 is 2.30 bits per heavy atom. The molecule has 0 saturated carbocycles. The van der Waals surface area contributed by atoms with E-state index in [9.17, 15) is 0 Å². The second-order valence-corrected chi connectivity index (χ2v) is 6.53. The lowest BCUT2D eigenvalue weighted by molar-refractivity contribution is 0.845. The molecule has 0 aliphatic heterocycles. The highest BCUT2D eigenvalue weighted by molar-refractivity contribution is 9.10. The number of thiophene rings is 1. The normalized spacial score (nSPS) is 10.7. The van der Waals surface area contributed by atoms with E-state index in [4.69, 9.17) is 11.6 Å². The first-order valence-corrected chi connectivity index (χ1v) is 7.70. The molecule has 0 amide bonds. The maximum absolute atomic E-state index is 6.00. The SMILES string of the molecule is Clc1sc(CNc2ccc(-n3cncn3)nc2)cc1Br. The predicted molar refractivity (Wildman–Crippen MR) is 83.5 cm³/mol. The van der Waals surface area contributed by atoms with Crippen molar-refractivity contribution in [1.82, 2.24) is 19.7 Å². The van der Waals surface area contributed by atoms with E-state index in [1.807, 2.05) is 18.2 Å². The van der Waals surface area contributed by atoms with Crippen LogP contribution in [0.3, 0.4) is 0 Å². The molecule has 0 aromatic carbocycles. The second kappa shape index (κ2) is 5.90. The summed E-state index contributed by atoms with van der Waals surface area (Å²) in [6.07, 6.45) is 4.86. The first-order chi connectivity index (χ1) is 9.72. The van der Waals surface area contributed by atoms with Crippen LogP contribution in [-0.2, 0) is 6.54 Å². The van der Waals surface area contributed by atoms with Crippen LogP contribution in [0.1, 0.15) is 4.88 Å². The van der Waals surface area contributed by atoms with Gasteiger partial charge >= 0.3 is 0 Å². The van der Waals surface area contributed by atoms with Crippen molar-refractivity contribution in [3.8, 4) is 5.82 Å². The zero-order valence-electron chi connectivity index (χ0n) is 10.1. The van der Waals surface area contributed by atoms with E-state index in [-0.39, 0.29) is 0 Å². The largest absolute Gasteiger partial charge is 0.379 e. The van der Waals surface area contributed by atoms with E-state index in [1.165, 1.54) is 6.33 Å². The quantitative estimate of drug-likeness (QED) is 0.760. The van der Waals surface area contributed by atoms with Crippen molar-refractivity contribution in [3.63, 3.8) is 0 Å². The molecule has 1 N–H and O–H groups in total. The fraction of sp³-hybridized carbons (Fsp3) is 0.0833. The van der Waals surface area contributed by atoms with E-state index in [2.05, 4.69) is 36.3 Å². The Labute approximate surface area is 132 Å². The molecule has 0 aliphatic rings. The monoisotopic (exact) mass is 369 g/mol. The Morgan fingerprint density at radius 3 is 2.90 bits per heavy atom. The number of halogens is 2. The highest BCUT2D eigenvalue weighted by atomic mass is 79.9. The Hall–Kier alpha value is -1.44. The lowest BCUT2D eigenvalue weighted by Gasteiger charge is -2.05. The van der Waals surface area contributed by atoms with Crippen LogP contribution in [-0.4, -0.2) is 19.7 Å². The second-order valence-electron chi connectivity index (χ2n) is 3.93. The molecule has 102 valence electrons. The summed E-state index contributed by atoms with van der Waals surface area (Å²) in [4.78, 5) is 9.37. The molecular formula is C12H9BrClN5S. The van der Waals surface area contributed by atoms with Crippen molar-refractivity contribution in [1.29, 1.82) is 0 Å². The van der Waals surface area contributed by atoms with Gasteiger partial charge in [-0.2, -0.15) is 5.10 Å². The van der Waals surface area contributed by atoms with E-state index < -0.39 is 0 Å². The summed E-state index contributed by atoms with van der Waals surface area (Å²) in [5, 5.41) is 7.32. The van der Waals surface area contributed by atoms with Gasteiger partial charge in [-0.1, -0.05) is 11.6 Å². The Balaban J connectivity index is 1.66. The maximum atomic E-state index is 6.00. The summed E-state index contributed by atoms with van der Waals surface area (Å²) in [5.41, 5.74) is 0.939. The first kappa shape index (κ1) is 13.5. The molecule has 0 saturated heterocycles. The van der Waals surface area contributed by atoms with Crippen LogP contribution in [0.15, 0.2) is 41.5 Å². The average molecular weight is 371 g/mol. The topological polar surface area (TPSA) is 55.6 Å². The number of nitrogens with zero attached hydrogens (tertiary/aromatic N) is 4. The van der Waals surface area contributed by atoms with Crippen LogP contribution in [0.5, 0.6) is 0 Å². The van der Waals surface area contributed by atoms with Gasteiger partial charge in [0.05, 0.1) is 11.9 Å². The summed E-state index contributed by atoms with van der Waals surface area (Å²) in [6.45, 7) is 0.709. The van der Waals surface area contributed by atoms with E-state index in [1.54, 1.807) is 28.5 Å². The third-order valence-corrected chi connectivity index (χ3v) is 5.04. The Morgan fingerprint density at radius 1 is 1.40 bits per heavy atom. The third kappa shape index (κ3) is 3.00. The smallest absolute Gasteiger partial charge is 0.155 e. The first-order valence-electron chi connectivity index (χ1n) is 5.71. The fourth-order valence-electron chi connectivity index (χ4n) is 1.62.